The molecule has 4 nitrogen and oxygen atoms in total. The molecule has 0 aromatic heterocycles. The van der Waals surface area contributed by atoms with E-state index in [9.17, 15) is 4.79 Å². The van der Waals surface area contributed by atoms with Crippen molar-refractivity contribution in [2.24, 2.45) is 0 Å². The van der Waals surface area contributed by atoms with Crippen LogP contribution in [0.5, 0.6) is 0 Å². The lowest BCUT2D eigenvalue weighted by Crippen LogP contribution is -2.39. The molecule has 1 amide bonds. The van der Waals surface area contributed by atoms with Gasteiger partial charge >= 0.3 is 0 Å². The van der Waals surface area contributed by atoms with Crippen molar-refractivity contribution in [2.45, 2.75) is 31.8 Å². The molecule has 3 rings (SSSR count). The van der Waals surface area contributed by atoms with E-state index in [1.54, 1.807) is 0 Å². The van der Waals surface area contributed by atoms with Crippen molar-refractivity contribution in [2.75, 3.05) is 26.7 Å². The van der Waals surface area contributed by atoms with Crippen LogP contribution in [0.4, 0.5) is 0 Å². The average molecular weight is 273 g/mol. The molecule has 0 radical (unpaired) electrons. The number of hydrogen-bond acceptors (Lipinski definition) is 3. The summed E-state index contributed by atoms with van der Waals surface area (Å²) in [6, 6.07) is 6.56. The van der Waals surface area contributed by atoms with E-state index in [-0.39, 0.29) is 5.91 Å². The zero-order valence-corrected chi connectivity index (χ0v) is 12.1. The number of likely N-dealkylation sites (N-methyl/N-ethyl adjacent to an activating group) is 1. The second kappa shape index (κ2) is 5.94. The summed E-state index contributed by atoms with van der Waals surface area (Å²) >= 11 is 0. The second-order valence-electron chi connectivity index (χ2n) is 5.86. The standard InChI is InChI=1S/C16H23N3O/c1-19-9-3-5-13(19)11-18-16(20)15-6-2-4-12-10-17-8-7-14(12)15/h2,4,6,13,17H,3,5,7-11H2,1H3,(H,18,20). The molecule has 20 heavy (non-hydrogen) atoms. The van der Waals surface area contributed by atoms with Crippen molar-refractivity contribution >= 4 is 5.91 Å². The van der Waals surface area contributed by atoms with Crippen LogP contribution in [0, 0.1) is 0 Å². The van der Waals surface area contributed by atoms with Gasteiger partial charge in [0.1, 0.15) is 0 Å². The van der Waals surface area contributed by atoms with Gasteiger partial charge in [-0.05, 0) is 56.6 Å². The maximum absolute atomic E-state index is 12.4. The van der Waals surface area contributed by atoms with Crippen LogP contribution in [0.1, 0.15) is 34.3 Å². The minimum Gasteiger partial charge on any atom is -0.350 e. The van der Waals surface area contributed by atoms with Gasteiger partial charge in [0, 0.05) is 24.7 Å². The zero-order chi connectivity index (χ0) is 13.9. The van der Waals surface area contributed by atoms with Crippen molar-refractivity contribution < 1.29 is 4.79 Å². The van der Waals surface area contributed by atoms with Crippen LogP contribution in [-0.4, -0.2) is 43.5 Å². The van der Waals surface area contributed by atoms with E-state index in [1.165, 1.54) is 24.0 Å². The Balaban J connectivity index is 1.68. The van der Waals surface area contributed by atoms with Crippen molar-refractivity contribution in [1.29, 1.82) is 0 Å². The molecule has 1 unspecified atom stereocenters. The van der Waals surface area contributed by atoms with Gasteiger partial charge in [0.15, 0.2) is 0 Å². The van der Waals surface area contributed by atoms with Crippen LogP contribution in [-0.2, 0) is 13.0 Å². The van der Waals surface area contributed by atoms with Crippen LogP contribution in [0.3, 0.4) is 0 Å². The third-order valence-corrected chi connectivity index (χ3v) is 4.55. The molecular weight excluding hydrogens is 250 g/mol. The Labute approximate surface area is 120 Å². The van der Waals surface area contributed by atoms with Crippen LogP contribution >= 0.6 is 0 Å². The Hall–Kier alpha value is -1.39. The van der Waals surface area contributed by atoms with E-state index < -0.39 is 0 Å². The molecule has 0 bridgehead atoms. The smallest absolute Gasteiger partial charge is 0.251 e. The molecule has 0 aliphatic carbocycles. The molecule has 2 heterocycles. The predicted molar refractivity (Wildman–Crippen MR) is 79.8 cm³/mol. The van der Waals surface area contributed by atoms with Crippen LogP contribution in [0.15, 0.2) is 18.2 Å². The second-order valence-corrected chi connectivity index (χ2v) is 5.86. The molecule has 2 N–H and O–H groups in total. The van der Waals surface area contributed by atoms with Gasteiger partial charge in [-0.2, -0.15) is 0 Å². The van der Waals surface area contributed by atoms with Crippen LogP contribution in [0.25, 0.3) is 0 Å². The molecule has 108 valence electrons. The maximum atomic E-state index is 12.4. The number of nitrogens with one attached hydrogen (secondary N) is 2. The summed E-state index contributed by atoms with van der Waals surface area (Å²) < 4.78 is 0. The molecule has 1 aromatic carbocycles. The van der Waals surface area contributed by atoms with E-state index in [2.05, 4.69) is 28.6 Å². The summed E-state index contributed by atoms with van der Waals surface area (Å²) in [7, 11) is 2.14. The van der Waals surface area contributed by atoms with E-state index in [4.69, 9.17) is 0 Å². The number of carbonyl (C=O) groups excluding carboxylic acids is 1. The highest BCUT2D eigenvalue weighted by Crippen LogP contribution is 2.19. The molecule has 1 atom stereocenters. The Bertz CT molecular complexity index is 500. The van der Waals surface area contributed by atoms with Gasteiger partial charge in [-0.1, -0.05) is 12.1 Å². The lowest BCUT2D eigenvalue weighted by molar-refractivity contribution is 0.0942. The summed E-state index contributed by atoms with van der Waals surface area (Å²) in [5, 5.41) is 6.47. The highest BCUT2D eigenvalue weighted by atomic mass is 16.1. The van der Waals surface area contributed by atoms with Crippen LogP contribution in [0.2, 0.25) is 0 Å². The number of likely N-dealkylation sites (tertiary alicyclic amines) is 1. The molecule has 1 aromatic rings. The van der Waals surface area contributed by atoms with Crippen molar-refractivity contribution in [1.82, 2.24) is 15.5 Å². The average Bonchev–Trinajstić information content (AvgIpc) is 2.89. The highest BCUT2D eigenvalue weighted by molar-refractivity contribution is 5.96. The monoisotopic (exact) mass is 273 g/mol. The number of nitrogens with zero attached hydrogens (tertiary/aromatic N) is 1. The molecule has 1 saturated heterocycles. The topological polar surface area (TPSA) is 44.4 Å². The van der Waals surface area contributed by atoms with E-state index in [1.807, 2.05) is 12.1 Å². The highest BCUT2D eigenvalue weighted by Gasteiger charge is 2.22. The summed E-state index contributed by atoms with van der Waals surface area (Å²) in [5.74, 6) is 0.0871. The van der Waals surface area contributed by atoms with Crippen molar-refractivity contribution in [3.8, 4) is 0 Å². The fraction of sp³-hybridized carbons (Fsp3) is 0.562. The summed E-state index contributed by atoms with van der Waals surface area (Å²) in [6.07, 6.45) is 3.37. The normalized spacial score (nSPS) is 22.6. The fourth-order valence-corrected chi connectivity index (χ4v) is 3.29. The number of rotatable bonds is 3. The Morgan fingerprint density at radius 1 is 1.50 bits per heavy atom. The lowest BCUT2D eigenvalue weighted by atomic mass is 9.95. The SMILES string of the molecule is CN1CCCC1CNC(=O)c1cccc2c1CCNC2. The van der Waals surface area contributed by atoms with E-state index >= 15 is 0 Å². The van der Waals surface area contributed by atoms with Gasteiger partial charge < -0.3 is 15.5 Å². The third-order valence-electron chi connectivity index (χ3n) is 4.55. The minimum absolute atomic E-state index is 0.0871. The van der Waals surface area contributed by atoms with Crippen LogP contribution < -0.4 is 10.6 Å². The molecule has 2 aliphatic heterocycles. The van der Waals surface area contributed by atoms with E-state index in [0.29, 0.717) is 6.04 Å². The molecule has 1 fully saturated rings. The lowest BCUT2D eigenvalue weighted by Gasteiger charge is -2.22. The number of benzene rings is 1. The Morgan fingerprint density at radius 3 is 3.20 bits per heavy atom. The van der Waals surface area contributed by atoms with Gasteiger partial charge in [0.2, 0.25) is 0 Å². The van der Waals surface area contributed by atoms with Gasteiger partial charge in [-0.3, -0.25) is 4.79 Å². The molecular formula is C16H23N3O. The third kappa shape index (κ3) is 2.72. The first-order valence-electron chi connectivity index (χ1n) is 7.55. The number of hydrogen-bond donors (Lipinski definition) is 2. The largest absolute Gasteiger partial charge is 0.350 e. The van der Waals surface area contributed by atoms with Gasteiger partial charge in [0.05, 0.1) is 0 Å². The summed E-state index contributed by atoms with van der Waals surface area (Å²) in [4.78, 5) is 14.8. The first kappa shape index (κ1) is 13.6. The molecule has 0 spiro atoms. The quantitative estimate of drug-likeness (QED) is 0.868. The molecule has 2 aliphatic rings. The maximum Gasteiger partial charge on any atom is 0.251 e. The van der Waals surface area contributed by atoms with E-state index in [0.717, 1.165) is 38.2 Å². The first-order valence-corrected chi connectivity index (χ1v) is 7.55. The van der Waals surface area contributed by atoms with Gasteiger partial charge in [0.25, 0.3) is 5.91 Å². The predicted octanol–water partition coefficient (Wildman–Crippen LogP) is 1.16. The summed E-state index contributed by atoms with van der Waals surface area (Å²) in [5.41, 5.74) is 3.36. The fourth-order valence-electron chi connectivity index (χ4n) is 3.29. The molecule has 0 saturated carbocycles. The Kier molecular flexibility index (Phi) is 4.03. The minimum atomic E-state index is 0.0871. The van der Waals surface area contributed by atoms with Crippen molar-refractivity contribution in [3.63, 3.8) is 0 Å². The van der Waals surface area contributed by atoms with Gasteiger partial charge in [-0.25, -0.2) is 0 Å². The number of fused-ring (bicyclic) bond motifs is 1. The number of carbonyl (C=O) groups is 1. The zero-order valence-electron chi connectivity index (χ0n) is 12.1. The first-order chi connectivity index (χ1) is 9.75. The molecule has 4 heteroatoms. The number of amides is 1. The van der Waals surface area contributed by atoms with Gasteiger partial charge in [-0.15, -0.1) is 0 Å². The summed E-state index contributed by atoms with van der Waals surface area (Å²) in [6.45, 7) is 3.74. The van der Waals surface area contributed by atoms with Crippen molar-refractivity contribution in [3.05, 3.63) is 34.9 Å². The Morgan fingerprint density at radius 2 is 2.40 bits per heavy atom.